The smallest absolute Gasteiger partial charge is 0.269 e. The van der Waals surface area contributed by atoms with Crippen LogP contribution in [0.5, 0.6) is 5.75 Å². The molecule has 0 bridgehead atoms. The Hall–Kier alpha value is -2.92. The van der Waals surface area contributed by atoms with Crippen LogP contribution in [-0.4, -0.2) is 32.2 Å². The summed E-state index contributed by atoms with van der Waals surface area (Å²) in [6.07, 6.45) is 0. The van der Waals surface area contributed by atoms with E-state index in [1.807, 2.05) is 37.3 Å². The molecule has 1 atom stereocenters. The van der Waals surface area contributed by atoms with E-state index in [2.05, 4.69) is 10.6 Å². The summed E-state index contributed by atoms with van der Waals surface area (Å²) in [6, 6.07) is 11.5. The lowest BCUT2D eigenvalue weighted by Gasteiger charge is -2.21. The minimum Gasteiger partial charge on any atom is -0.504 e. The second kappa shape index (κ2) is 8.67. The van der Waals surface area contributed by atoms with Crippen molar-refractivity contribution in [1.29, 1.82) is 0 Å². The third-order valence-electron chi connectivity index (χ3n) is 4.77. The number of rotatable bonds is 8. The van der Waals surface area contributed by atoms with Gasteiger partial charge in [-0.25, -0.2) is 8.42 Å². The van der Waals surface area contributed by atoms with Gasteiger partial charge in [-0.1, -0.05) is 46.4 Å². The highest BCUT2D eigenvalue weighted by atomic mass is 35.5. The molecule has 0 aliphatic rings. The number of nitrogens with zero attached hydrogens (tertiary/aromatic N) is 1. The first-order valence-electron chi connectivity index (χ1n) is 9.05. The number of hydrogen-bond donors (Lipinski definition) is 3. The van der Waals surface area contributed by atoms with E-state index in [1.165, 1.54) is 12.1 Å². The van der Waals surface area contributed by atoms with Crippen LogP contribution in [0.1, 0.15) is 18.5 Å². The van der Waals surface area contributed by atoms with Gasteiger partial charge in [0.2, 0.25) is 0 Å². The number of aromatic hydroxyl groups is 1. The fourth-order valence-corrected chi connectivity index (χ4v) is 4.51. The molecule has 0 spiro atoms. The molecule has 9 nitrogen and oxygen atoms in total. The number of anilines is 3. The summed E-state index contributed by atoms with van der Waals surface area (Å²) in [7, 11) is -2.01. The molecule has 3 aromatic rings. The fraction of sp³-hybridized carbons (Fsp3) is 0.200. The van der Waals surface area contributed by atoms with Crippen molar-refractivity contribution in [3.63, 3.8) is 0 Å². The Morgan fingerprint density at radius 1 is 1.06 bits per heavy atom. The Bertz CT molecular complexity index is 1290. The normalized spacial score (nSPS) is 12.8. The van der Waals surface area contributed by atoms with Crippen LogP contribution in [0, 0.1) is 0 Å². The van der Waals surface area contributed by atoms with Crippen molar-refractivity contribution in [1.82, 2.24) is 4.47 Å². The van der Waals surface area contributed by atoms with E-state index >= 15 is 0 Å². The van der Waals surface area contributed by atoms with Crippen LogP contribution in [0.2, 0.25) is 5.02 Å². The first-order valence-corrected chi connectivity index (χ1v) is 10.9. The van der Waals surface area contributed by atoms with Gasteiger partial charge in [0.15, 0.2) is 5.75 Å². The zero-order chi connectivity index (χ0) is 22.9. The third kappa shape index (κ3) is 4.15. The number of hydroxylamine groups is 1. The predicted octanol–water partition coefficient (Wildman–Crippen LogP) is 2.74. The molecule has 0 radical (unpaired) electrons. The topological polar surface area (TPSA) is 125 Å². The van der Waals surface area contributed by atoms with Gasteiger partial charge in [0.1, 0.15) is 16.3 Å². The number of halogens is 1. The van der Waals surface area contributed by atoms with Gasteiger partial charge in [-0.15, -0.1) is 0 Å². The van der Waals surface area contributed by atoms with Crippen LogP contribution >= 0.6 is 11.6 Å². The molecule has 0 aliphatic carbocycles. The molecule has 0 aromatic heterocycles. The monoisotopic (exact) mass is 465 g/mol. The van der Waals surface area contributed by atoms with Crippen LogP contribution in [-0.2, 0) is 14.9 Å². The Kier molecular flexibility index (Phi) is 6.37. The van der Waals surface area contributed by atoms with Crippen molar-refractivity contribution < 1.29 is 18.4 Å². The number of benzene rings is 2. The molecular weight excluding hydrogens is 446 g/mol. The molecule has 0 unspecified atom stereocenters. The summed E-state index contributed by atoms with van der Waals surface area (Å²) < 4.78 is 25.7. The van der Waals surface area contributed by atoms with Gasteiger partial charge in [0.05, 0.1) is 17.8 Å². The third-order valence-corrected chi connectivity index (χ3v) is 6.95. The molecule has 0 saturated carbocycles. The van der Waals surface area contributed by atoms with Crippen molar-refractivity contribution in [3.8, 4) is 5.75 Å². The molecule has 0 aliphatic heterocycles. The largest absolute Gasteiger partial charge is 0.504 e. The van der Waals surface area contributed by atoms with Gasteiger partial charge in [-0.05, 0) is 24.6 Å². The van der Waals surface area contributed by atoms with Crippen molar-refractivity contribution in [2.45, 2.75) is 17.9 Å². The summed E-state index contributed by atoms with van der Waals surface area (Å²) in [5.41, 5.74) is -0.786. The molecule has 3 aromatic carbocycles. The summed E-state index contributed by atoms with van der Waals surface area (Å²) in [4.78, 5) is 28.4. The maximum Gasteiger partial charge on any atom is 0.269 e. The maximum absolute atomic E-state index is 12.6. The highest BCUT2D eigenvalue weighted by Crippen LogP contribution is 2.40. The molecule has 0 amide bonds. The zero-order valence-electron chi connectivity index (χ0n) is 16.8. The standard InChI is InChI=1S/C20H20ClN3O6S/c1-11(12-7-5-4-6-8-12)22-15-16(19(27)18(15)26)23-14-10-9-13(21)20(17(14)25)31(28,29)24(2)30-3/h4-11,22-23,25H,1-3H3/t11-/m1/s1. The Balaban J connectivity index is 1.96. The number of sulfonamides is 1. The van der Waals surface area contributed by atoms with Gasteiger partial charge in [0.25, 0.3) is 20.9 Å². The quantitative estimate of drug-likeness (QED) is 0.263. The van der Waals surface area contributed by atoms with E-state index < -0.39 is 31.5 Å². The lowest BCUT2D eigenvalue weighted by Crippen LogP contribution is -2.37. The van der Waals surface area contributed by atoms with Gasteiger partial charge >= 0.3 is 0 Å². The highest BCUT2D eigenvalue weighted by molar-refractivity contribution is 7.89. The van der Waals surface area contributed by atoms with Crippen LogP contribution < -0.4 is 21.5 Å². The Morgan fingerprint density at radius 3 is 2.29 bits per heavy atom. The molecule has 0 heterocycles. The second-order valence-corrected chi connectivity index (χ2v) is 8.96. The van der Waals surface area contributed by atoms with Crippen molar-refractivity contribution >= 4 is 38.7 Å². The van der Waals surface area contributed by atoms with Gasteiger partial charge in [-0.2, -0.15) is 0 Å². The summed E-state index contributed by atoms with van der Waals surface area (Å²) in [6.45, 7) is 1.82. The van der Waals surface area contributed by atoms with E-state index in [0.717, 1.165) is 19.7 Å². The van der Waals surface area contributed by atoms with E-state index in [4.69, 9.17) is 16.4 Å². The van der Waals surface area contributed by atoms with Crippen molar-refractivity contribution in [3.05, 3.63) is 73.5 Å². The highest BCUT2D eigenvalue weighted by Gasteiger charge is 2.30. The Morgan fingerprint density at radius 2 is 1.68 bits per heavy atom. The van der Waals surface area contributed by atoms with E-state index in [0.29, 0.717) is 4.47 Å². The lowest BCUT2D eigenvalue weighted by atomic mass is 10.1. The second-order valence-electron chi connectivity index (χ2n) is 6.68. The Labute approximate surface area is 183 Å². The summed E-state index contributed by atoms with van der Waals surface area (Å²) >= 11 is 5.99. The minimum atomic E-state index is -4.28. The molecule has 11 heteroatoms. The molecule has 3 N–H and O–H groups in total. The van der Waals surface area contributed by atoms with Crippen LogP contribution in [0.25, 0.3) is 0 Å². The SMILES string of the molecule is CON(C)S(=O)(=O)c1c(Cl)ccc(Nc2c(N[C@H](C)c3ccccc3)c(=O)c2=O)c1O. The van der Waals surface area contributed by atoms with E-state index in [9.17, 15) is 23.1 Å². The molecule has 0 saturated heterocycles. The van der Waals surface area contributed by atoms with Crippen LogP contribution in [0.15, 0.2) is 56.9 Å². The molecule has 3 rings (SSSR count). The van der Waals surface area contributed by atoms with Gasteiger partial charge in [-0.3, -0.25) is 14.4 Å². The molecule has 0 fully saturated rings. The van der Waals surface area contributed by atoms with E-state index in [1.54, 1.807) is 0 Å². The van der Waals surface area contributed by atoms with Gasteiger partial charge < -0.3 is 15.7 Å². The molecule has 31 heavy (non-hydrogen) atoms. The first kappa shape index (κ1) is 22.8. The minimum absolute atomic E-state index is 0.0362. The average molecular weight is 466 g/mol. The van der Waals surface area contributed by atoms with Gasteiger partial charge in [0, 0.05) is 13.1 Å². The molecule has 164 valence electrons. The van der Waals surface area contributed by atoms with Crippen molar-refractivity contribution in [2.75, 3.05) is 24.8 Å². The van der Waals surface area contributed by atoms with E-state index in [-0.39, 0.29) is 28.1 Å². The van der Waals surface area contributed by atoms with Crippen molar-refractivity contribution in [2.24, 2.45) is 0 Å². The number of nitrogens with one attached hydrogen (secondary N) is 2. The summed E-state index contributed by atoms with van der Waals surface area (Å²) in [5, 5.41) is 15.9. The summed E-state index contributed by atoms with van der Waals surface area (Å²) in [5.74, 6) is -0.716. The van der Waals surface area contributed by atoms with Crippen LogP contribution in [0.4, 0.5) is 17.1 Å². The van der Waals surface area contributed by atoms with Crippen LogP contribution in [0.3, 0.4) is 0 Å². The zero-order valence-corrected chi connectivity index (χ0v) is 18.4. The fourth-order valence-electron chi connectivity index (χ4n) is 2.94. The molecular formula is C20H20ClN3O6S. The predicted molar refractivity (Wildman–Crippen MR) is 118 cm³/mol. The maximum atomic E-state index is 12.6. The number of phenolic OH excluding ortho intramolecular Hbond substituents is 1. The average Bonchev–Trinajstić information content (AvgIpc) is 2.76. The number of hydrogen-bond acceptors (Lipinski definition) is 8. The number of phenols is 1. The first-order chi connectivity index (χ1) is 14.6. The lowest BCUT2D eigenvalue weighted by molar-refractivity contribution is -0.0259.